The second-order valence-corrected chi connectivity index (χ2v) is 5.59. The molecule has 2 aromatic carbocycles. The normalized spacial score (nSPS) is 9.12. The van der Waals surface area contributed by atoms with Crippen molar-refractivity contribution in [1.29, 1.82) is 0 Å². The van der Waals surface area contributed by atoms with Crippen LogP contribution in [0.2, 0.25) is 0 Å². The third-order valence-corrected chi connectivity index (χ3v) is 3.80. The van der Waals surface area contributed by atoms with Crippen LogP contribution in [-0.4, -0.2) is 15.2 Å². The van der Waals surface area contributed by atoms with Crippen molar-refractivity contribution in [3.63, 3.8) is 0 Å². The van der Waals surface area contributed by atoms with Crippen molar-refractivity contribution >= 4 is 24.1 Å². The van der Waals surface area contributed by atoms with Gasteiger partial charge in [-0.3, -0.25) is 0 Å². The van der Waals surface area contributed by atoms with Crippen molar-refractivity contribution in [2.24, 2.45) is 0 Å². The molecule has 2 rings (SSSR count). The molecule has 2 aromatic rings. The van der Waals surface area contributed by atoms with Crippen molar-refractivity contribution in [3.05, 3.63) is 59.7 Å². The summed E-state index contributed by atoms with van der Waals surface area (Å²) >= 11 is 0.246. The van der Waals surface area contributed by atoms with Gasteiger partial charge in [0.2, 0.25) is 0 Å². The molecule has 0 amide bonds. The minimum Gasteiger partial charge on any atom is -1.00 e. The molecule has 0 unspecified atom stereocenters. The van der Waals surface area contributed by atoms with E-state index in [0.717, 1.165) is 0 Å². The van der Waals surface area contributed by atoms with Gasteiger partial charge in [-0.15, -0.1) is 0 Å². The topological polar surface area (TPSA) is 0 Å². The van der Waals surface area contributed by atoms with E-state index < -0.39 is 0 Å². The van der Waals surface area contributed by atoms with Gasteiger partial charge in [0.25, 0.3) is 0 Å². The standard InChI is InChI=1S/2C7H7.Al.ClH/c2*1-7-5-3-2-4-6-7;;/h2*2-3,5-6H,1H3;;1H/q;;+1;/p-1. The van der Waals surface area contributed by atoms with Gasteiger partial charge in [-0.2, -0.15) is 0 Å². The molecular formula is C14H14AlCl. The van der Waals surface area contributed by atoms with Gasteiger partial charge in [0.1, 0.15) is 0 Å². The van der Waals surface area contributed by atoms with Crippen LogP contribution < -0.4 is 21.3 Å². The van der Waals surface area contributed by atoms with E-state index >= 15 is 0 Å². The van der Waals surface area contributed by atoms with Crippen molar-refractivity contribution in [3.8, 4) is 0 Å². The summed E-state index contributed by atoms with van der Waals surface area (Å²) in [6.07, 6.45) is 0. The number of halogens is 1. The van der Waals surface area contributed by atoms with E-state index in [4.69, 9.17) is 0 Å². The minimum atomic E-state index is 0. The maximum absolute atomic E-state index is 2.29. The average molecular weight is 245 g/mol. The maximum Gasteiger partial charge on any atom is -1.00 e. The Kier molecular flexibility index (Phi) is 5.09. The van der Waals surface area contributed by atoms with Gasteiger partial charge in [0, 0.05) is 0 Å². The molecule has 0 aliphatic rings. The number of aryl methyl sites for hydroxylation is 2. The fourth-order valence-electron chi connectivity index (χ4n) is 1.71. The first-order valence-electron chi connectivity index (χ1n) is 5.22. The molecule has 0 saturated carbocycles. The number of hydrogen-bond donors (Lipinski definition) is 0. The van der Waals surface area contributed by atoms with Gasteiger partial charge in [0.05, 0.1) is 0 Å². The second kappa shape index (κ2) is 6.11. The van der Waals surface area contributed by atoms with Crippen molar-refractivity contribution < 1.29 is 12.4 Å². The summed E-state index contributed by atoms with van der Waals surface area (Å²) in [6.45, 7) is 4.30. The molecule has 0 atom stereocenters. The fourth-order valence-corrected chi connectivity index (χ4v) is 3.20. The Hall–Kier alpha value is -0.738. The molecule has 0 heterocycles. The van der Waals surface area contributed by atoms with Gasteiger partial charge in [-0.05, 0) is 0 Å². The van der Waals surface area contributed by atoms with E-state index in [2.05, 4.69) is 62.4 Å². The fraction of sp³-hybridized carbons (Fsp3) is 0.143. The Labute approximate surface area is 110 Å². The Morgan fingerprint density at radius 3 is 1.56 bits per heavy atom. The minimum absolute atomic E-state index is 0. The van der Waals surface area contributed by atoms with E-state index in [9.17, 15) is 0 Å². The molecule has 0 nitrogen and oxygen atoms in total. The van der Waals surface area contributed by atoms with Crippen LogP contribution in [0.15, 0.2) is 48.5 Å². The monoisotopic (exact) mass is 244 g/mol. The SMILES string of the molecule is Cc1ccc[c]([Al+][c]2cccc(C)c2)c1.[Cl-]. The Morgan fingerprint density at radius 2 is 1.19 bits per heavy atom. The molecule has 2 heteroatoms. The molecule has 16 heavy (non-hydrogen) atoms. The Morgan fingerprint density at radius 1 is 0.750 bits per heavy atom. The van der Waals surface area contributed by atoms with Crippen LogP contribution in [0.1, 0.15) is 11.1 Å². The first-order chi connectivity index (χ1) is 7.24. The van der Waals surface area contributed by atoms with Gasteiger partial charge in [0.15, 0.2) is 0 Å². The van der Waals surface area contributed by atoms with E-state index in [1.807, 2.05) is 0 Å². The zero-order valence-electron chi connectivity index (χ0n) is 9.57. The van der Waals surface area contributed by atoms with E-state index in [1.54, 1.807) is 0 Å². The molecule has 0 fully saturated rings. The molecule has 0 spiro atoms. The van der Waals surface area contributed by atoms with Crippen LogP contribution in [-0.2, 0) is 0 Å². The predicted molar refractivity (Wildman–Crippen MR) is 67.4 cm³/mol. The summed E-state index contributed by atoms with van der Waals surface area (Å²) in [5.74, 6) is 0. The van der Waals surface area contributed by atoms with Crippen LogP contribution in [0.25, 0.3) is 0 Å². The molecule has 0 aliphatic heterocycles. The number of benzene rings is 2. The zero-order chi connectivity index (χ0) is 10.7. The first-order valence-corrected chi connectivity index (χ1v) is 6.37. The van der Waals surface area contributed by atoms with E-state index in [0.29, 0.717) is 0 Å². The largest absolute Gasteiger partial charge is 1.00 e. The molecule has 0 aliphatic carbocycles. The van der Waals surface area contributed by atoms with Gasteiger partial charge >= 0.3 is 97.6 Å². The maximum atomic E-state index is 2.29. The van der Waals surface area contributed by atoms with Crippen LogP contribution in [0.3, 0.4) is 0 Å². The predicted octanol–water partition coefficient (Wildman–Crippen LogP) is -1.04. The van der Waals surface area contributed by atoms with Crippen LogP contribution in [0.4, 0.5) is 0 Å². The quantitative estimate of drug-likeness (QED) is 0.593. The zero-order valence-corrected chi connectivity index (χ0v) is 11.5. The van der Waals surface area contributed by atoms with Crippen LogP contribution >= 0.6 is 0 Å². The Bertz CT molecular complexity index is 422. The third kappa shape index (κ3) is 3.69. The second-order valence-electron chi connectivity index (χ2n) is 3.97. The molecule has 0 saturated heterocycles. The molecule has 0 radical (unpaired) electrons. The summed E-state index contributed by atoms with van der Waals surface area (Å²) < 4.78 is 2.95. The molecule has 0 bridgehead atoms. The van der Waals surface area contributed by atoms with Crippen molar-refractivity contribution in [1.82, 2.24) is 0 Å². The summed E-state index contributed by atoms with van der Waals surface area (Å²) in [6, 6.07) is 17.6. The van der Waals surface area contributed by atoms with E-state index in [1.165, 1.54) is 20.0 Å². The van der Waals surface area contributed by atoms with Crippen molar-refractivity contribution in [2.75, 3.05) is 0 Å². The summed E-state index contributed by atoms with van der Waals surface area (Å²) in [7, 11) is 0. The first kappa shape index (κ1) is 13.3. The van der Waals surface area contributed by atoms with E-state index in [-0.39, 0.29) is 27.6 Å². The molecular weight excluding hydrogens is 231 g/mol. The molecule has 0 N–H and O–H groups in total. The van der Waals surface area contributed by atoms with Crippen LogP contribution in [0.5, 0.6) is 0 Å². The smallest absolute Gasteiger partial charge is 1.00 e. The van der Waals surface area contributed by atoms with Gasteiger partial charge in [-0.25, -0.2) is 0 Å². The van der Waals surface area contributed by atoms with Gasteiger partial charge in [-0.1, -0.05) is 0 Å². The Balaban J connectivity index is 0.00000128. The number of hydrogen-bond acceptors (Lipinski definition) is 0. The molecule has 0 aromatic heterocycles. The van der Waals surface area contributed by atoms with Crippen LogP contribution in [0, 0.1) is 13.8 Å². The number of rotatable bonds is 2. The summed E-state index contributed by atoms with van der Waals surface area (Å²) in [4.78, 5) is 0. The van der Waals surface area contributed by atoms with Gasteiger partial charge < -0.3 is 12.4 Å². The summed E-state index contributed by atoms with van der Waals surface area (Å²) in [5.41, 5.74) is 2.71. The molecule has 80 valence electrons. The average Bonchev–Trinajstić information content (AvgIpc) is 2.17. The van der Waals surface area contributed by atoms with Crippen molar-refractivity contribution in [2.45, 2.75) is 13.8 Å². The third-order valence-electron chi connectivity index (χ3n) is 2.42. The summed E-state index contributed by atoms with van der Waals surface area (Å²) in [5, 5.41) is 0.